The SMILES string of the molecule is C1=Nc2c(c3c4ccccc4c4ccccc4c3c3c4ccccc4c4ccccc4c23)NC1. The molecule has 1 heterocycles. The maximum Gasteiger partial charge on any atom is 0.0949 e. The highest BCUT2D eigenvalue weighted by molar-refractivity contribution is 6.44. The summed E-state index contributed by atoms with van der Waals surface area (Å²) in [5.41, 5.74) is 2.20. The molecule has 0 radical (unpaired) electrons. The molecule has 0 amide bonds. The normalized spacial score (nSPS) is 13.3. The average Bonchev–Trinajstić information content (AvgIpc) is 2.92. The fourth-order valence-corrected chi connectivity index (χ4v) is 6.14. The van der Waals surface area contributed by atoms with Crippen LogP contribution in [0, 0.1) is 0 Å². The second-order valence-corrected chi connectivity index (χ2v) is 9.10. The molecule has 0 aromatic heterocycles. The topological polar surface area (TPSA) is 24.4 Å². The molecule has 158 valence electrons. The van der Waals surface area contributed by atoms with Crippen molar-refractivity contribution in [1.29, 1.82) is 0 Å². The van der Waals surface area contributed by atoms with E-state index < -0.39 is 0 Å². The molecule has 7 aromatic rings. The number of nitrogens with one attached hydrogen (secondary N) is 1. The summed E-state index contributed by atoms with van der Waals surface area (Å²) in [5, 5.41) is 19.1. The molecule has 8 rings (SSSR count). The second kappa shape index (κ2) is 6.55. The van der Waals surface area contributed by atoms with Crippen molar-refractivity contribution in [2.75, 3.05) is 11.9 Å². The van der Waals surface area contributed by atoms with E-state index in [0.717, 1.165) is 17.9 Å². The first-order valence-corrected chi connectivity index (χ1v) is 11.8. The molecular weight excluding hydrogens is 412 g/mol. The second-order valence-electron chi connectivity index (χ2n) is 9.10. The summed E-state index contributed by atoms with van der Waals surface area (Å²) in [5.74, 6) is 0. The van der Waals surface area contributed by atoms with Gasteiger partial charge in [-0.2, -0.15) is 0 Å². The van der Waals surface area contributed by atoms with E-state index in [1.54, 1.807) is 0 Å². The standard InChI is InChI=1S/C32H20N2/c1-5-13-23-19(9-1)21-11-3-7-15-25(21)29-27(23)28-24-14-6-2-10-20(24)22-12-4-8-16-26(22)30(28)32-31(29)33-17-18-34-32/h1-17,34H,18H2. The summed E-state index contributed by atoms with van der Waals surface area (Å²) >= 11 is 0. The zero-order chi connectivity index (χ0) is 22.2. The first kappa shape index (κ1) is 18.0. The van der Waals surface area contributed by atoms with Crippen LogP contribution in [0.15, 0.2) is 102 Å². The summed E-state index contributed by atoms with van der Waals surface area (Å²) in [6.07, 6.45) is 2.00. The van der Waals surface area contributed by atoms with Gasteiger partial charge >= 0.3 is 0 Å². The van der Waals surface area contributed by atoms with E-state index in [-0.39, 0.29) is 0 Å². The Hall–Kier alpha value is -4.43. The molecule has 0 saturated heterocycles. The van der Waals surface area contributed by atoms with E-state index in [4.69, 9.17) is 4.99 Å². The van der Waals surface area contributed by atoms with Gasteiger partial charge in [-0.1, -0.05) is 97.1 Å². The van der Waals surface area contributed by atoms with Gasteiger partial charge in [0.2, 0.25) is 0 Å². The molecule has 2 nitrogen and oxygen atoms in total. The van der Waals surface area contributed by atoms with E-state index in [2.05, 4.69) is 102 Å². The largest absolute Gasteiger partial charge is 0.378 e. The predicted octanol–water partition coefficient (Wildman–Crippen LogP) is 8.73. The molecule has 1 N–H and O–H groups in total. The molecule has 0 saturated carbocycles. The maximum absolute atomic E-state index is 5.03. The zero-order valence-corrected chi connectivity index (χ0v) is 18.5. The minimum Gasteiger partial charge on any atom is -0.378 e. The quantitative estimate of drug-likeness (QED) is 0.238. The third-order valence-corrected chi connectivity index (χ3v) is 7.43. The number of anilines is 1. The van der Waals surface area contributed by atoms with Crippen molar-refractivity contribution in [2.45, 2.75) is 0 Å². The number of hydrogen-bond donors (Lipinski definition) is 1. The third-order valence-electron chi connectivity index (χ3n) is 7.43. The summed E-state index contributed by atoms with van der Waals surface area (Å²) in [7, 11) is 0. The summed E-state index contributed by atoms with van der Waals surface area (Å²) in [6, 6.07) is 35.3. The molecule has 0 aliphatic carbocycles. The molecular formula is C32H20N2. The van der Waals surface area contributed by atoms with Gasteiger partial charge in [0.25, 0.3) is 0 Å². The highest BCUT2D eigenvalue weighted by atomic mass is 15.0. The van der Waals surface area contributed by atoms with Crippen LogP contribution in [0.5, 0.6) is 0 Å². The first-order chi connectivity index (χ1) is 16.9. The third kappa shape index (κ3) is 2.18. The first-order valence-electron chi connectivity index (χ1n) is 11.8. The molecule has 0 fully saturated rings. The lowest BCUT2D eigenvalue weighted by Crippen LogP contribution is -2.08. The minimum absolute atomic E-state index is 0.736. The van der Waals surface area contributed by atoms with Crippen LogP contribution in [0.2, 0.25) is 0 Å². The van der Waals surface area contributed by atoms with Gasteiger partial charge in [-0.25, -0.2) is 0 Å². The van der Waals surface area contributed by atoms with Gasteiger partial charge in [-0.05, 0) is 43.1 Å². The number of fused-ring (bicyclic) bond motifs is 16. The Morgan fingerprint density at radius 3 is 1.32 bits per heavy atom. The summed E-state index contributed by atoms with van der Waals surface area (Å²) in [4.78, 5) is 5.03. The van der Waals surface area contributed by atoms with Crippen LogP contribution in [0.1, 0.15) is 0 Å². The smallest absolute Gasteiger partial charge is 0.0949 e. The van der Waals surface area contributed by atoms with Crippen LogP contribution in [-0.2, 0) is 0 Å². The number of hydrogen-bond acceptors (Lipinski definition) is 2. The molecule has 0 bridgehead atoms. The summed E-state index contributed by atoms with van der Waals surface area (Å²) in [6.45, 7) is 0.736. The van der Waals surface area contributed by atoms with E-state index in [0.29, 0.717) is 0 Å². The van der Waals surface area contributed by atoms with E-state index in [1.165, 1.54) is 64.6 Å². The van der Waals surface area contributed by atoms with Crippen molar-refractivity contribution < 1.29 is 0 Å². The van der Waals surface area contributed by atoms with Crippen molar-refractivity contribution in [3.63, 3.8) is 0 Å². The molecule has 0 unspecified atom stereocenters. The number of rotatable bonds is 0. The van der Waals surface area contributed by atoms with Gasteiger partial charge in [0.05, 0.1) is 17.9 Å². The lowest BCUT2D eigenvalue weighted by Gasteiger charge is -2.23. The Morgan fingerprint density at radius 1 is 0.441 bits per heavy atom. The predicted molar refractivity (Wildman–Crippen MR) is 148 cm³/mol. The van der Waals surface area contributed by atoms with Crippen LogP contribution in [-0.4, -0.2) is 12.8 Å². The molecule has 34 heavy (non-hydrogen) atoms. The van der Waals surface area contributed by atoms with Crippen LogP contribution >= 0.6 is 0 Å². The number of aliphatic imine (C=N–C) groups is 1. The Morgan fingerprint density at radius 2 is 0.824 bits per heavy atom. The fraction of sp³-hybridized carbons (Fsp3) is 0.0312. The van der Waals surface area contributed by atoms with Crippen molar-refractivity contribution in [3.8, 4) is 0 Å². The van der Waals surface area contributed by atoms with Crippen molar-refractivity contribution in [3.05, 3.63) is 97.1 Å². The number of nitrogens with zero attached hydrogens (tertiary/aromatic N) is 1. The van der Waals surface area contributed by atoms with Crippen molar-refractivity contribution >= 4 is 82.2 Å². The van der Waals surface area contributed by atoms with Gasteiger partial charge in [0.15, 0.2) is 0 Å². The molecule has 1 aliphatic rings. The van der Waals surface area contributed by atoms with Crippen molar-refractivity contribution in [2.24, 2.45) is 4.99 Å². The Labute approximate surface area is 196 Å². The molecule has 0 atom stereocenters. The molecule has 1 aliphatic heterocycles. The van der Waals surface area contributed by atoms with Gasteiger partial charge in [-0.3, -0.25) is 4.99 Å². The lowest BCUT2D eigenvalue weighted by atomic mass is 9.85. The molecule has 2 heteroatoms. The van der Waals surface area contributed by atoms with Crippen molar-refractivity contribution in [1.82, 2.24) is 0 Å². The Bertz CT molecular complexity index is 2010. The lowest BCUT2D eigenvalue weighted by molar-refractivity contribution is 1.37. The summed E-state index contributed by atoms with van der Waals surface area (Å²) < 4.78 is 0. The van der Waals surface area contributed by atoms with E-state index in [9.17, 15) is 0 Å². The Kier molecular flexibility index (Phi) is 3.48. The fourth-order valence-electron chi connectivity index (χ4n) is 6.14. The van der Waals surface area contributed by atoms with Gasteiger partial charge < -0.3 is 5.32 Å². The monoisotopic (exact) mass is 432 g/mol. The molecule has 0 spiro atoms. The Balaban J connectivity index is 1.86. The van der Waals surface area contributed by atoms with Crippen LogP contribution in [0.25, 0.3) is 64.6 Å². The molecule has 7 aromatic carbocycles. The van der Waals surface area contributed by atoms with Crippen LogP contribution in [0.3, 0.4) is 0 Å². The van der Waals surface area contributed by atoms with Gasteiger partial charge in [0.1, 0.15) is 0 Å². The van der Waals surface area contributed by atoms with Crippen LogP contribution in [0.4, 0.5) is 11.4 Å². The van der Waals surface area contributed by atoms with Gasteiger partial charge in [0, 0.05) is 27.8 Å². The maximum atomic E-state index is 5.03. The van der Waals surface area contributed by atoms with Gasteiger partial charge in [-0.15, -0.1) is 0 Å². The highest BCUT2D eigenvalue weighted by Crippen LogP contribution is 2.52. The van der Waals surface area contributed by atoms with E-state index >= 15 is 0 Å². The average molecular weight is 433 g/mol. The van der Waals surface area contributed by atoms with Crippen LogP contribution < -0.4 is 5.32 Å². The zero-order valence-electron chi connectivity index (χ0n) is 18.5. The highest BCUT2D eigenvalue weighted by Gasteiger charge is 2.23. The van der Waals surface area contributed by atoms with E-state index in [1.807, 2.05) is 6.21 Å². The number of benzene rings is 7. The minimum atomic E-state index is 0.736.